The maximum absolute atomic E-state index is 11.5. The molecule has 0 unspecified atom stereocenters. The molecule has 8 nitrogen and oxygen atoms in total. The van der Waals surface area contributed by atoms with Gasteiger partial charge in [0.2, 0.25) is 0 Å². The van der Waals surface area contributed by atoms with Gasteiger partial charge in [0.25, 0.3) is 0 Å². The highest BCUT2D eigenvalue weighted by atomic mass is 127. The number of amides is 1. The average molecular weight is 493 g/mol. The van der Waals surface area contributed by atoms with E-state index < -0.39 is 11.7 Å². The number of hydrogen-bond acceptors (Lipinski definition) is 5. The largest absolute Gasteiger partial charge is 0.490 e. The fourth-order valence-corrected chi connectivity index (χ4v) is 1.89. The Morgan fingerprint density at radius 2 is 2.00 bits per heavy atom. The highest BCUT2D eigenvalue weighted by molar-refractivity contribution is 14.0. The molecular weight excluding hydrogens is 461 g/mol. The number of guanidine groups is 1. The van der Waals surface area contributed by atoms with Crippen LogP contribution in [0.1, 0.15) is 34.1 Å². The number of nitrogens with one attached hydrogen (secondary N) is 3. The van der Waals surface area contributed by atoms with Crippen LogP contribution < -0.4 is 20.7 Å². The van der Waals surface area contributed by atoms with Crippen LogP contribution in [0.25, 0.3) is 0 Å². The Hall–Kier alpha value is -1.78. The van der Waals surface area contributed by atoms with E-state index in [-0.39, 0.29) is 24.0 Å². The SMILES string of the molecule is CCNC(=NCCCNC(=O)OC(C)(C)C)NCCOc1cccnc1.I. The van der Waals surface area contributed by atoms with Crippen molar-refractivity contribution >= 4 is 36.0 Å². The number of ether oxygens (including phenoxy) is 2. The maximum atomic E-state index is 11.5. The zero-order chi connectivity index (χ0) is 19.3. The van der Waals surface area contributed by atoms with Gasteiger partial charge >= 0.3 is 6.09 Å². The normalized spacial score (nSPS) is 11.2. The molecule has 0 spiro atoms. The summed E-state index contributed by atoms with van der Waals surface area (Å²) in [6.45, 7) is 10.5. The number of pyridine rings is 1. The maximum Gasteiger partial charge on any atom is 0.407 e. The van der Waals surface area contributed by atoms with E-state index in [2.05, 4.69) is 25.9 Å². The van der Waals surface area contributed by atoms with Gasteiger partial charge in [0.05, 0.1) is 12.7 Å². The Labute approximate surface area is 178 Å². The molecule has 0 aliphatic rings. The Morgan fingerprint density at radius 3 is 2.63 bits per heavy atom. The number of aliphatic imine (C=N–C) groups is 1. The van der Waals surface area contributed by atoms with Crippen molar-refractivity contribution in [1.82, 2.24) is 20.9 Å². The van der Waals surface area contributed by atoms with E-state index in [0.29, 0.717) is 26.2 Å². The van der Waals surface area contributed by atoms with Gasteiger partial charge < -0.3 is 25.4 Å². The molecule has 0 saturated heterocycles. The highest BCUT2D eigenvalue weighted by Crippen LogP contribution is 2.06. The monoisotopic (exact) mass is 493 g/mol. The zero-order valence-electron chi connectivity index (χ0n) is 16.6. The Morgan fingerprint density at radius 1 is 1.22 bits per heavy atom. The molecule has 1 aromatic heterocycles. The van der Waals surface area contributed by atoms with Crippen LogP contribution in [0.5, 0.6) is 5.75 Å². The van der Waals surface area contributed by atoms with Crippen molar-refractivity contribution < 1.29 is 14.3 Å². The molecule has 1 aromatic rings. The summed E-state index contributed by atoms with van der Waals surface area (Å²) in [4.78, 5) is 20.0. The van der Waals surface area contributed by atoms with Gasteiger partial charge in [0.1, 0.15) is 18.0 Å². The zero-order valence-corrected chi connectivity index (χ0v) is 18.9. The van der Waals surface area contributed by atoms with Crippen LogP contribution in [0.4, 0.5) is 4.79 Å². The first kappa shape index (κ1) is 25.2. The van der Waals surface area contributed by atoms with Gasteiger partial charge in [-0.2, -0.15) is 0 Å². The van der Waals surface area contributed by atoms with Crippen molar-refractivity contribution in [3.05, 3.63) is 24.5 Å². The second kappa shape index (κ2) is 14.3. The number of hydrogen-bond donors (Lipinski definition) is 3. The molecule has 0 bridgehead atoms. The lowest BCUT2D eigenvalue weighted by Crippen LogP contribution is -2.39. The van der Waals surface area contributed by atoms with E-state index in [9.17, 15) is 4.79 Å². The Kier molecular flexibility index (Phi) is 13.4. The summed E-state index contributed by atoms with van der Waals surface area (Å²) in [5.41, 5.74) is -0.484. The number of halogens is 1. The van der Waals surface area contributed by atoms with Crippen molar-refractivity contribution in [3.8, 4) is 5.75 Å². The van der Waals surface area contributed by atoms with E-state index in [1.54, 1.807) is 12.4 Å². The topological polar surface area (TPSA) is 96.9 Å². The number of aromatic nitrogens is 1. The van der Waals surface area contributed by atoms with Crippen LogP contribution in [0.2, 0.25) is 0 Å². The van der Waals surface area contributed by atoms with Crippen LogP contribution in [-0.2, 0) is 4.74 Å². The molecule has 0 aliphatic carbocycles. The summed E-state index contributed by atoms with van der Waals surface area (Å²) in [7, 11) is 0. The van der Waals surface area contributed by atoms with Crippen LogP contribution >= 0.6 is 24.0 Å². The minimum absolute atomic E-state index is 0. The molecule has 0 aromatic carbocycles. The van der Waals surface area contributed by atoms with Crippen LogP contribution in [0.15, 0.2) is 29.5 Å². The molecule has 0 fully saturated rings. The fourth-order valence-electron chi connectivity index (χ4n) is 1.89. The van der Waals surface area contributed by atoms with Gasteiger partial charge in [-0.1, -0.05) is 0 Å². The molecular formula is C18H32IN5O3. The van der Waals surface area contributed by atoms with E-state index in [4.69, 9.17) is 9.47 Å². The van der Waals surface area contributed by atoms with Gasteiger partial charge in [0, 0.05) is 25.8 Å². The van der Waals surface area contributed by atoms with Gasteiger partial charge in [0.15, 0.2) is 5.96 Å². The number of carbonyl (C=O) groups excluding carboxylic acids is 1. The minimum atomic E-state index is -0.484. The molecule has 1 rings (SSSR count). The summed E-state index contributed by atoms with van der Waals surface area (Å²) in [5, 5.41) is 9.09. The Bertz CT molecular complexity index is 550. The lowest BCUT2D eigenvalue weighted by atomic mass is 10.2. The van der Waals surface area contributed by atoms with Crippen molar-refractivity contribution in [3.63, 3.8) is 0 Å². The number of carbonyl (C=O) groups is 1. The average Bonchev–Trinajstić information content (AvgIpc) is 2.57. The molecule has 9 heteroatoms. The summed E-state index contributed by atoms with van der Waals surface area (Å²) >= 11 is 0. The van der Waals surface area contributed by atoms with Crippen molar-refractivity contribution in [1.29, 1.82) is 0 Å². The number of nitrogens with zero attached hydrogens (tertiary/aromatic N) is 2. The molecule has 0 radical (unpaired) electrons. The molecule has 0 saturated carbocycles. The lowest BCUT2D eigenvalue weighted by molar-refractivity contribution is 0.0527. The number of rotatable bonds is 9. The highest BCUT2D eigenvalue weighted by Gasteiger charge is 2.15. The fraction of sp³-hybridized carbons (Fsp3) is 0.611. The second-order valence-electron chi connectivity index (χ2n) is 6.51. The minimum Gasteiger partial charge on any atom is -0.490 e. The second-order valence-corrected chi connectivity index (χ2v) is 6.51. The van der Waals surface area contributed by atoms with Crippen LogP contribution in [0.3, 0.4) is 0 Å². The Balaban J connectivity index is 0.00000676. The molecule has 3 N–H and O–H groups in total. The lowest BCUT2D eigenvalue weighted by Gasteiger charge is -2.19. The van der Waals surface area contributed by atoms with E-state index in [1.165, 1.54) is 0 Å². The molecule has 27 heavy (non-hydrogen) atoms. The standard InChI is InChI=1S/C18H31N5O3.HI/c1-5-20-16(22-12-13-25-15-8-6-9-19-14-15)21-10-7-11-23-17(24)26-18(2,3)4;/h6,8-9,14H,5,7,10-13H2,1-4H3,(H,23,24)(H2,20,21,22);1H. The van der Waals surface area contributed by atoms with Crippen molar-refractivity contribution in [2.45, 2.75) is 39.7 Å². The predicted octanol–water partition coefficient (Wildman–Crippen LogP) is 2.55. The van der Waals surface area contributed by atoms with Crippen molar-refractivity contribution in [2.24, 2.45) is 4.99 Å². The van der Waals surface area contributed by atoms with Gasteiger partial charge in [-0.15, -0.1) is 24.0 Å². The van der Waals surface area contributed by atoms with E-state index in [1.807, 2.05) is 39.8 Å². The van der Waals surface area contributed by atoms with Crippen LogP contribution in [-0.4, -0.2) is 55.4 Å². The summed E-state index contributed by atoms with van der Waals surface area (Å²) in [5.74, 6) is 1.46. The van der Waals surface area contributed by atoms with Crippen molar-refractivity contribution in [2.75, 3.05) is 32.8 Å². The van der Waals surface area contributed by atoms with E-state index in [0.717, 1.165) is 24.7 Å². The summed E-state index contributed by atoms with van der Waals surface area (Å²) < 4.78 is 10.8. The first-order valence-electron chi connectivity index (χ1n) is 8.92. The van der Waals surface area contributed by atoms with Gasteiger partial charge in [-0.25, -0.2) is 4.79 Å². The molecule has 154 valence electrons. The third kappa shape index (κ3) is 14.0. The third-order valence-corrected chi connectivity index (χ3v) is 2.91. The molecule has 0 aliphatic heterocycles. The van der Waals surface area contributed by atoms with Gasteiger partial charge in [-0.3, -0.25) is 9.98 Å². The molecule has 0 atom stereocenters. The molecule has 1 heterocycles. The smallest absolute Gasteiger partial charge is 0.407 e. The summed E-state index contributed by atoms with van der Waals surface area (Å²) in [6, 6.07) is 3.70. The quantitative estimate of drug-likeness (QED) is 0.212. The van der Waals surface area contributed by atoms with Gasteiger partial charge in [-0.05, 0) is 46.2 Å². The first-order valence-corrected chi connectivity index (χ1v) is 8.92. The number of alkyl carbamates (subject to hydrolysis) is 1. The first-order chi connectivity index (χ1) is 12.4. The predicted molar refractivity (Wildman–Crippen MR) is 118 cm³/mol. The third-order valence-electron chi connectivity index (χ3n) is 2.91. The van der Waals surface area contributed by atoms with Crippen LogP contribution in [0, 0.1) is 0 Å². The summed E-state index contributed by atoms with van der Waals surface area (Å²) in [6.07, 6.45) is 3.71. The van der Waals surface area contributed by atoms with E-state index >= 15 is 0 Å². The molecule has 1 amide bonds.